The Morgan fingerprint density at radius 1 is 1.19 bits per heavy atom. The van der Waals surface area contributed by atoms with Crippen LogP contribution in [0.2, 0.25) is 0 Å². The molecule has 2 fully saturated rings. The van der Waals surface area contributed by atoms with Crippen molar-refractivity contribution in [3.05, 3.63) is 34.3 Å². The Morgan fingerprint density at radius 2 is 2.00 bits per heavy atom. The van der Waals surface area contributed by atoms with Crippen LogP contribution in [0.3, 0.4) is 0 Å². The molecule has 0 spiro atoms. The maximum absolute atomic E-state index is 3.62. The molecule has 2 heterocycles. The van der Waals surface area contributed by atoms with Crippen molar-refractivity contribution >= 4 is 15.9 Å². The summed E-state index contributed by atoms with van der Waals surface area (Å²) in [6.07, 6.45) is 2.76. The monoisotopic (exact) mass is 350 g/mol. The Bertz CT molecular complexity index is 488. The fourth-order valence-electron chi connectivity index (χ4n) is 4.06. The van der Waals surface area contributed by atoms with Gasteiger partial charge in [0.05, 0.1) is 0 Å². The van der Waals surface area contributed by atoms with Gasteiger partial charge in [-0.3, -0.25) is 9.80 Å². The van der Waals surface area contributed by atoms with Crippen molar-refractivity contribution < 1.29 is 0 Å². The minimum atomic E-state index is 0.498. The van der Waals surface area contributed by atoms with Gasteiger partial charge in [-0.25, -0.2) is 0 Å². The molecule has 3 rings (SSSR count). The molecule has 0 radical (unpaired) electrons. The number of fused-ring (bicyclic) bond motifs is 1. The second-order valence-corrected chi connectivity index (χ2v) is 7.95. The molecule has 0 amide bonds. The lowest BCUT2D eigenvalue weighted by atomic mass is 9.93. The summed E-state index contributed by atoms with van der Waals surface area (Å²) in [5.41, 5.74) is 1.43. The Morgan fingerprint density at radius 3 is 2.71 bits per heavy atom. The van der Waals surface area contributed by atoms with Crippen LogP contribution in [-0.2, 0) is 0 Å². The van der Waals surface area contributed by atoms with E-state index >= 15 is 0 Å². The van der Waals surface area contributed by atoms with Gasteiger partial charge in [0, 0.05) is 35.7 Å². The third-order valence-electron chi connectivity index (χ3n) is 5.37. The van der Waals surface area contributed by atoms with Crippen molar-refractivity contribution in [2.45, 2.75) is 51.7 Å². The van der Waals surface area contributed by atoms with Crippen LogP contribution in [0, 0.1) is 5.92 Å². The molecule has 0 bridgehead atoms. The summed E-state index contributed by atoms with van der Waals surface area (Å²) in [7, 11) is 0. The zero-order valence-corrected chi connectivity index (χ0v) is 15.0. The maximum atomic E-state index is 3.62. The largest absolute Gasteiger partial charge is 0.298 e. The molecule has 2 saturated heterocycles. The van der Waals surface area contributed by atoms with Crippen molar-refractivity contribution in [2.24, 2.45) is 5.92 Å². The molecule has 0 saturated carbocycles. The van der Waals surface area contributed by atoms with Crippen molar-refractivity contribution in [3.8, 4) is 0 Å². The van der Waals surface area contributed by atoms with Crippen molar-refractivity contribution in [1.82, 2.24) is 9.80 Å². The Balaban J connectivity index is 1.83. The Hall–Kier alpha value is -0.380. The average molecular weight is 351 g/mol. The molecule has 3 heteroatoms. The van der Waals surface area contributed by atoms with Crippen LogP contribution in [0.15, 0.2) is 28.7 Å². The minimum Gasteiger partial charge on any atom is -0.298 e. The van der Waals surface area contributed by atoms with E-state index in [1.165, 1.54) is 42.5 Å². The molecule has 2 aliphatic rings. The summed E-state index contributed by atoms with van der Waals surface area (Å²) in [6.45, 7) is 10.9. The van der Waals surface area contributed by atoms with Crippen LogP contribution in [0.4, 0.5) is 0 Å². The summed E-state index contributed by atoms with van der Waals surface area (Å²) in [5.74, 6) is 0.709. The molecule has 0 N–H and O–H groups in total. The van der Waals surface area contributed by atoms with Gasteiger partial charge in [0.1, 0.15) is 0 Å². The van der Waals surface area contributed by atoms with Crippen LogP contribution in [0.5, 0.6) is 0 Å². The summed E-state index contributed by atoms with van der Waals surface area (Å²) in [6, 6.07) is 10.8. The van der Waals surface area contributed by atoms with Crippen molar-refractivity contribution in [2.75, 3.05) is 19.6 Å². The zero-order chi connectivity index (χ0) is 15.0. The van der Waals surface area contributed by atoms with Crippen LogP contribution >= 0.6 is 15.9 Å². The lowest BCUT2D eigenvalue weighted by molar-refractivity contribution is 0.00403. The highest BCUT2D eigenvalue weighted by Gasteiger charge is 2.39. The van der Waals surface area contributed by atoms with Crippen LogP contribution < -0.4 is 0 Å². The Labute approximate surface area is 137 Å². The number of hydrogen-bond acceptors (Lipinski definition) is 2. The van der Waals surface area contributed by atoms with E-state index in [-0.39, 0.29) is 0 Å². The molecular weight excluding hydrogens is 324 g/mol. The minimum absolute atomic E-state index is 0.498. The average Bonchev–Trinajstić information content (AvgIpc) is 2.92. The molecule has 3 unspecified atom stereocenters. The van der Waals surface area contributed by atoms with E-state index in [1.807, 2.05) is 0 Å². The fourth-order valence-corrected chi connectivity index (χ4v) is 4.48. The third kappa shape index (κ3) is 3.20. The highest BCUT2D eigenvalue weighted by molar-refractivity contribution is 9.10. The van der Waals surface area contributed by atoms with E-state index < -0.39 is 0 Å². The molecule has 2 nitrogen and oxygen atoms in total. The number of hydrogen-bond donors (Lipinski definition) is 0. The lowest BCUT2D eigenvalue weighted by Crippen LogP contribution is -2.58. The molecule has 116 valence electrons. The first kappa shape index (κ1) is 15.5. The third-order valence-corrected chi connectivity index (χ3v) is 5.86. The van der Waals surface area contributed by atoms with Gasteiger partial charge in [0.2, 0.25) is 0 Å². The molecule has 21 heavy (non-hydrogen) atoms. The molecule has 0 aliphatic carbocycles. The van der Waals surface area contributed by atoms with Crippen LogP contribution in [0.1, 0.15) is 45.2 Å². The first-order valence-corrected chi connectivity index (χ1v) is 9.11. The van der Waals surface area contributed by atoms with E-state index in [4.69, 9.17) is 0 Å². The van der Waals surface area contributed by atoms with E-state index in [9.17, 15) is 0 Å². The molecular formula is C18H27BrN2. The number of benzene rings is 1. The van der Waals surface area contributed by atoms with Crippen LogP contribution in [0.25, 0.3) is 0 Å². The standard InChI is InChI=1S/C18H27BrN2/c1-13(2)18-12-20-9-5-8-17(20)11-21(18)14(3)15-6-4-7-16(19)10-15/h4,6-7,10,13-14,17-18H,5,8-9,11-12H2,1-3H3. The van der Waals surface area contributed by atoms with Crippen molar-refractivity contribution in [1.29, 1.82) is 0 Å². The molecule has 1 aromatic rings. The van der Waals surface area contributed by atoms with Crippen LogP contribution in [-0.4, -0.2) is 41.5 Å². The maximum Gasteiger partial charge on any atom is 0.0324 e. The second kappa shape index (κ2) is 6.39. The van der Waals surface area contributed by atoms with Gasteiger partial charge in [0.15, 0.2) is 0 Å². The summed E-state index contributed by atoms with van der Waals surface area (Å²) >= 11 is 3.62. The first-order chi connectivity index (χ1) is 10.1. The van der Waals surface area contributed by atoms with Gasteiger partial charge in [-0.2, -0.15) is 0 Å². The van der Waals surface area contributed by atoms with Crippen molar-refractivity contribution in [3.63, 3.8) is 0 Å². The van der Waals surface area contributed by atoms with Gasteiger partial charge in [0.25, 0.3) is 0 Å². The smallest absolute Gasteiger partial charge is 0.0324 e. The second-order valence-electron chi connectivity index (χ2n) is 7.03. The zero-order valence-electron chi connectivity index (χ0n) is 13.4. The Kier molecular flexibility index (Phi) is 4.72. The van der Waals surface area contributed by atoms with E-state index in [0.29, 0.717) is 18.0 Å². The topological polar surface area (TPSA) is 6.48 Å². The van der Waals surface area contributed by atoms with Gasteiger partial charge >= 0.3 is 0 Å². The van der Waals surface area contributed by atoms with E-state index in [1.54, 1.807) is 0 Å². The normalized spacial score (nSPS) is 28.8. The highest BCUT2D eigenvalue weighted by Crippen LogP contribution is 2.34. The molecule has 0 aromatic heterocycles. The first-order valence-electron chi connectivity index (χ1n) is 8.31. The number of piperazine rings is 1. The predicted molar refractivity (Wildman–Crippen MR) is 92.5 cm³/mol. The summed E-state index contributed by atoms with van der Waals surface area (Å²) < 4.78 is 1.19. The highest BCUT2D eigenvalue weighted by atomic mass is 79.9. The fraction of sp³-hybridized carbons (Fsp3) is 0.667. The number of rotatable bonds is 3. The molecule has 3 atom stereocenters. The van der Waals surface area contributed by atoms with E-state index in [2.05, 4.69) is 70.8 Å². The van der Waals surface area contributed by atoms with Gasteiger partial charge in [-0.1, -0.05) is 41.9 Å². The lowest BCUT2D eigenvalue weighted by Gasteiger charge is -2.48. The van der Waals surface area contributed by atoms with Gasteiger partial charge < -0.3 is 0 Å². The summed E-state index contributed by atoms with van der Waals surface area (Å²) in [5, 5.41) is 0. The predicted octanol–water partition coefficient (Wildman–Crippen LogP) is 4.31. The molecule has 1 aromatic carbocycles. The van der Waals surface area contributed by atoms with Gasteiger partial charge in [-0.15, -0.1) is 0 Å². The number of nitrogens with zero attached hydrogens (tertiary/aromatic N) is 2. The number of halogens is 1. The quantitative estimate of drug-likeness (QED) is 0.801. The SMILES string of the molecule is CC(C)C1CN2CCCC2CN1C(C)c1cccc(Br)c1. The molecule has 2 aliphatic heterocycles. The summed E-state index contributed by atoms with van der Waals surface area (Å²) in [4.78, 5) is 5.49. The van der Waals surface area contributed by atoms with Gasteiger partial charge in [-0.05, 0) is 49.9 Å². The van der Waals surface area contributed by atoms with E-state index in [0.717, 1.165) is 6.04 Å².